The van der Waals surface area contributed by atoms with Crippen molar-refractivity contribution in [3.05, 3.63) is 95.9 Å². The summed E-state index contributed by atoms with van der Waals surface area (Å²) in [6, 6.07) is 16.5. The average Bonchev–Trinajstić information content (AvgIpc) is 3.51. The van der Waals surface area contributed by atoms with Gasteiger partial charge < -0.3 is 14.9 Å². The van der Waals surface area contributed by atoms with Crippen molar-refractivity contribution in [1.82, 2.24) is 24.9 Å². The molecule has 0 bridgehead atoms. The summed E-state index contributed by atoms with van der Waals surface area (Å²) in [5, 5.41) is 21.3. The first-order valence-electron chi connectivity index (χ1n) is 10.3. The molecule has 34 heavy (non-hydrogen) atoms. The first kappa shape index (κ1) is 21.3. The normalized spacial score (nSPS) is 11.0. The van der Waals surface area contributed by atoms with Crippen molar-refractivity contribution in [2.24, 2.45) is 0 Å². The van der Waals surface area contributed by atoms with Gasteiger partial charge in [0, 0.05) is 23.7 Å². The fourth-order valence-corrected chi connectivity index (χ4v) is 3.44. The largest absolute Gasteiger partial charge is 0.508 e. The zero-order chi connectivity index (χ0) is 23.5. The van der Waals surface area contributed by atoms with E-state index in [-0.39, 0.29) is 36.3 Å². The highest BCUT2D eigenvalue weighted by atomic mass is 19.1. The highest BCUT2D eigenvalue weighted by Gasteiger charge is 2.18. The highest BCUT2D eigenvalue weighted by molar-refractivity contribution is 5.63. The van der Waals surface area contributed by atoms with Gasteiger partial charge in [-0.05, 0) is 18.2 Å². The molecular formula is C24H18F2N6O2. The van der Waals surface area contributed by atoms with E-state index in [0.717, 1.165) is 6.20 Å². The second-order valence-corrected chi connectivity index (χ2v) is 7.42. The van der Waals surface area contributed by atoms with Gasteiger partial charge >= 0.3 is 0 Å². The summed E-state index contributed by atoms with van der Waals surface area (Å²) in [6.45, 7) is 0.292. The maximum absolute atomic E-state index is 14.4. The lowest BCUT2D eigenvalue weighted by Crippen LogP contribution is -2.07. The third kappa shape index (κ3) is 4.33. The van der Waals surface area contributed by atoms with E-state index < -0.39 is 5.82 Å². The number of aromatic hydroxyl groups is 1. The van der Waals surface area contributed by atoms with Crippen LogP contribution >= 0.6 is 0 Å². The Balaban J connectivity index is 1.48. The molecule has 0 aliphatic rings. The number of nitrogens with one attached hydrogen (secondary N) is 1. The summed E-state index contributed by atoms with van der Waals surface area (Å²) in [5.74, 6) is -0.798. The molecule has 3 heterocycles. The number of aromatic nitrogens is 5. The molecule has 0 aliphatic carbocycles. The number of benzene rings is 2. The third-order valence-corrected chi connectivity index (χ3v) is 5.17. The molecular weight excluding hydrogens is 442 g/mol. The number of phenols is 1. The van der Waals surface area contributed by atoms with Gasteiger partial charge in [-0.25, -0.2) is 18.7 Å². The Bertz CT molecular complexity index is 1440. The Hall–Kier alpha value is -4.60. The molecule has 5 rings (SSSR count). The summed E-state index contributed by atoms with van der Waals surface area (Å²) < 4.78 is 35.2. The predicted molar refractivity (Wildman–Crippen MR) is 120 cm³/mol. The van der Waals surface area contributed by atoms with E-state index in [2.05, 4.69) is 25.5 Å². The van der Waals surface area contributed by atoms with Gasteiger partial charge in [0.2, 0.25) is 0 Å². The van der Waals surface area contributed by atoms with Gasteiger partial charge in [-0.15, -0.1) is 0 Å². The molecule has 0 saturated heterocycles. The van der Waals surface area contributed by atoms with Crippen LogP contribution in [-0.2, 0) is 13.1 Å². The van der Waals surface area contributed by atoms with Crippen molar-refractivity contribution in [2.75, 3.05) is 5.32 Å². The van der Waals surface area contributed by atoms with Gasteiger partial charge in [-0.1, -0.05) is 41.6 Å². The van der Waals surface area contributed by atoms with Crippen LogP contribution in [0, 0.1) is 11.6 Å². The summed E-state index contributed by atoms with van der Waals surface area (Å²) in [5.41, 5.74) is 2.43. The number of para-hydroxylation sites is 1. The van der Waals surface area contributed by atoms with E-state index in [1.165, 1.54) is 12.3 Å². The molecule has 2 aromatic carbocycles. The molecule has 0 atom stereocenters. The molecule has 170 valence electrons. The van der Waals surface area contributed by atoms with Crippen LogP contribution in [0.5, 0.6) is 5.75 Å². The van der Waals surface area contributed by atoms with Crippen LogP contribution in [0.15, 0.2) is 77.6 Å². The number of phenolic OH excluding ortho intramolecular Hbond substituents is 1. The summed E-state index contributed by atoms with van der Waals surface area (Å²) >= 11 is 0. The topological polar surface area (TPSA) is 102 Å². The Labute approximate surface area is 192 Å². The minimum atomic E-state index is -0.651. The second-order valence-electron chi connectivity index (χ2n) is 7.42. The SMILES string of the molecule is Oc1ccccc1CNc1nc(-c2cc(-c3ccon3)n(Cc3ccccc3F)n2)ncc1F. The van der Waals surface area contributed by atoms with E-state index in [4.69, 9.17) is 4.52 Å². The van der Waals surface area contributed by atoms with E-state index in [9.17, 15) is 13.9 Å². The lowest BCUT2D eigenvalue weighted by atomic mass is 10.2. The van der Waals surface area contributed by atoms with Gasteiger partial charge in [0.05, 0.1) is 18.4 Å². The van der Waals surface area contributed by atoms with E-state index in [0.29, 0.717) is 28.2 Å². The summed E-state index contributed by atoms with van der Waals surface area (Å²) in [6.07, 6.45) is 2.46. The monoisotopic (exact) mass is 460 g/mol. The number of hydrogen-bond donors (Lipinski definition) is 2. The average molecular weight is 460 g/mol. The van der Waals surface area contributed by atoms with Crippen molar-refractivity contribution in [1.29, 1.82) is 0 Å². The number of halogens is 2. The molecule has 0 radical (unpaired) electrons. The van der Waals surface area contributed by atoms with Gasteiger partial charge in [0.1, 0.15) is 29.2 Å². The van der Waals surface area contributed by atoms with Crippen LogP contribution in [0.1, 0.15) is 11.1 Å². The van der Waals surface area contributed by atoms with Crippen molar-refractivity contribution in [3.63, 3.8) is 0 Å². The molecule has 2 N–H and O–H groups in total. The van der Waals surface area contributed by atoms with Crippen molar-refractivity contribution >= 4 is 5.82 Å². The van der Waals surface area contributed by atoms with Crippen LogP contribution in [0.2, 0.25) is 0 Å². The molecule has 0 saturated carbocycles. The molecule has 0 fully saturated rings. The molecule has 0 spiro atoms. The zero-order valence-electron chi connectivity index (χ0n) is 17.7. The molecule has 0 aliphatic heterocycles. The number of anilines is 1. The van der Waals surface area contributed by atoms with Gasteiger partial charge in [-0.2, -0.15) is 5.10 Å². The number of nitrogens with zero attached hydrogens (tertiary/aromatic N) is 5. The van der Waals surface area contributed by atoms with Crippen molar-refractivity contribution in [2.45, 2.75) is 13.1 Å². The second kappa shape index (κ2) is 9.10. The highest BCUT2D eigenvalue weighted by Crippen LogP contribution is 2.26. The maximum Gasteiger partial charge on any atom is 0.183 e. The molecule has 0 amide bonds. The van der Waals surface area contributed by atoms with Gasteiger partial charge in [0.25, 0.3) is 0 Å². The molecule has 8 nitrogen and oxygen atoms in total. The third-order valence-electron chi connectivity index (χ3n) is 5.17. The minimum Gasteiger partial charge on any atom is -0.508 e. The maximum atomic E-state index is 14.4. The van der Waals surface area contributed by atoms with Crippen LogP contribution in [0.4, 0.5) is 14.6 Å². The van der Waals surface area contributed by atoms with Gasteiger partial charge in [0.15, 0.2) is 17.5 Å². The van der Waals surface area contributed by atoms with Crippen molar-refractivity contribution in [3.8, 4) is 28.7 Å². The number of rotatable bonds is 7. The Morgan fingerprint density at radius 1 is 0.941 bits per heavy atom. The van der Waals surface area contributed by atoms with Crippen LogP contribution < -0.4 is 5.32 Å². The Morgan fingerprint density at radius 3 is 2.50 bits per heavy atom. The van der Waals surface area contributed by atoms with E-state index >= 15 is 0 Å². The molecule has 3 aromatic heterocycles. The minimum absolute atomic E-state index is 0.0418. The Kier molecular flexibility index (Phi) is 5.69. The zero-order valence-corrected chi connectivity index (χ0v) is 17.7. The standard InChI is InChI=1S/C24H18F2N6O2/c25-17-7-3-1-6-16(17)14-32-21(19-9-10-34-31-19)11-20(30-32)24-28-13-18(26)23(29-24)27-12-15-5-2-4-8-22(15)33/h1-11,13,33H,12,14H2,(H,27,28,29). The fraction of sp³-hybridized carbons (Fsp3) is 0.0833. The lowest BCUT2D eigenvalue weighted by Gasteiger charge is -2.09. The van der Waals surface area contributed by atoms with Crippen LogP contribution in [0.3, 0.4) is 0 Å². The van der Waals surface area contributed by atoms with Crippen molar-refractivity contribution < 1.29 is 18.4 Å². The lowest BCUT2D eigenvalue weighted by molar-refractivity contribution is 0.421. The van der Waals surface area contributed by atoms with Gasteiger partial charge in [-0.3, -0.25) is 4.68 Å². The van der Waals surface area contributed by atoms with Crippen LogP contribution in [-0.4, -0.2) is 30.0 Å². The Morgan fingerprint density at radius 2 is 1.74 bits per heavy atom. The number of hydrogen-bond acceptors (Lipinski definition) is 7. The molecule has 10 heteroatoms. The first-order valence-corrected chi connectivity index (χ1v) is 10.3. The first-order chi connectivity index (χ1) is 16.6. The van der Waals surface area contributed by atoms with E-state index in [1.54, 1.807) is 59.3 Å². The molecule has 0 unspecified atom stereocenters. The summed E-state index contributed by atoms with van der Waals surface area (Å²) in [7, 11) is 0. The smallest absolute Gasteiger partial charge is 0.183 e. The molecule has 5 aromatic rings. The van der Waals surface area contributed by atoms with Crippen LogP contribution in [0.25, 0.3) is 22.9 Å². The summed E-state index contributed by atoms with van der Waals surface area (Å²) in [4.78, 5) is 8.35. The predicted octanol–water partition coefficient (Wildman–Crippen LogP) is 4.64. The fourth-order valence-electron chi connectivity index (χ4n) is 3.44. The van der Waals surface area contributed by atoms with E-state index in [1.807, 2.05) is 0 Å². The quantitative estimate of drug-likeness (QED) is 0.365.